The highest BCUT2D eigenvalue weighted by Crippen LogP contribution is 2.37. The molecule has 1 N–H and O–H groups in total. The summed E-state index contributed by atoms with van der Waals surface area (Å²) in [6, 6.07) is 14.5. The normalized spacial score (nSPS) is 12.4. The van der Waals surface area contributed by atoms with Crippen LogP contribution in [0.2, 0.25) is 0 Å². The predicted octanol–water partition coefficient (Wildman–Crippen LogP) is 3.55. The van der Waals surface area contributed by atoms with Crippen molar-refractivity contribution >= 4 is 38.7 Å². The summed E-state index contributed by atoms with van der Waals surface area (Å²) in [5, 5.41) is 16.0. The van der Waals surface area contributed by atoms with Crippen LogP contribution in [0.25, 0.3) is 10.9 Å². The van der Waals surface area contributed by atoms with Crippen molar-refractivity contribution in [3.63, 3.8) is 0 Å². The molecule has 4 aromatic rings. The molecule has 35 heavy (non-hydrogen) atoms. The van der Waals surface area contributed by atoms with Crippen LogP contribution in [-0.2, 0) is 6.61 Å². The second kappa shape index (κ2) is 9.06. The molecule has 12 heteroatoms. The van der Waals surface area contributed by atoms with Gasteiger partial charge in [-0.1, -0.05) is 18.2 Å². The maximum Gasteiger partial charge on any atom is 0.349 e. The summed E-state index contributed by atoms with van der Waals surface area (Å²) in [7, 11) is 0. The number of nitro groups is 1. The monoisotopic (exact) mass is 538 g/mol. The molecule has 0 saturated heterocycles. The van der Waals surface area contributed by atoms with Gasteiger partial charge in [-0.3, -0.25) is 14.9 Å². The highest BCUT2D eigenvalue weighted by Gasteiger charge is 2.21. The van der Waals surface area contributed by atoms with Crippen molar-refractivity contribution in [3.8, 4) is 17.2 Å². The van der Waals surface area contributed by atoms with Crippen LogP contribution in [-0.4, -0.2) is 27.6 Å². The summed E-state index contributed by atoms with van der Waals surface area (Å²) in [6.45, 7) is 0.183. The Balaban J connectivity index is 1.44. The van der Waals surface area contributed by atoms with Gasteiger partial charge in [0.25, 0.3) is 5.56 Å². The van der Waals surface area contributed by atoms with E-state index in [0.717, 1.165) is 5.56 Å². The number of aromatic amines is 1. The molecule has 0 saturated carbocycles. The Morgan fingerprint density at radius 1 is 1.14 bits per heavy atom. The van der Waals surface area contributed by atoms with Gasteiger partial charge in [-0.2, -0.15) is 5.10 Å². The average molecular weight is 539 g/mol. The van der Waals surface area contributed by atoms with Gasteiger partial charge in [0.2, 0.25) is 12.5 Å². The number of hydrogen-bond acceptors (Lipinski definition) is 8. The molecule has 0 aliphatic carbocycles. The molecule has 5 rings (SSSR count). The molecule has 0 amide bonds. The predicted molar refractivity (Wildman–Crippen MR) is 130 cm³/mol. The molecule has 0 radical (unpaired) electrons. The highest BCUT2D eigenvalue weighted by molar-refractivity contribution is 9.10. The van der Waals surface area contributed by atoms with Gasteiger partial charge in [0.05, 0.1) is 26.5 Å². The molecule has 3 aromatic carbocycles. The van der Waals surface area contributed by atoms with Crippen molar-refractivity contribution in [2.75, 3.05) is 6.79 Å². The topological polar surface area (TPSA) is 138 Å². The molecule has 0 unspecified atom stereocenters. The fourth-order valence-electron chi connectivity index (χ4n) is 3.52. The number of ether oxygens (including phenoxy) is 3. The third kappa shape index (κ3) is 4.38. The third-order valence-electron chi connectivity index (χ3n) is 5.17. The number of halogens is 1. The lowest BCUT2D eigenvalue weighted by Gasteiger charge is -2.10. The average Bonchev–Trinajstić information content (AvgIpc) is 3.31. The van der Waals surface area contributed by atoms with E-state index in [1.54, 1.807) is 42.5 Å². The standard InChI is InChI=1S/C23H15BrN4O7/c24-16-7-14(10-25-27-22(29)15-3-1-2-4-17(15)26-23(27)30)8-18(28(31)32)21(16)33-11-13-5-6-19-20(9-13)35-12-34-19/h1-10H,11-12H2,(H,26,30). The van der Waals surface area contributed by atoms with E-state index in [1.807, 2.05) is 0 Å². The van der Waals surface area contributed by atoms with Gasteiger partial charge in [-0.25, -0.2) is 4.79 Å². The molecular formula is C23H15BrN4O7. The number of H-pyrrole nitrogens is 1. The molecule has 0 spiro atoms. The van der Waals surface area contributed by atoms with Gasteiger partial charge in [0.15, 0.2) is 11.5 Å². The van der Waals surface area contributed by atoms with Crippen molar-refractivity contribution in [2.24, 2.45) is 5.10 Å². The number of fused-ring (bicyclic) bond motifs is 2. The van der Waals surface area contributed by atoms with E-state index in [4.69, 9.17) is 14.2 Å². The van der Waals surface area contributed by atoms with Crippen LogP contribution in [0.5, 0.6) is 17.2 Å². The van der Waals surface area contributed by atoms with Crippen LogP contribution in [0.4, 0.5) is 5.69 Å². The van der Waals surface area contributed by atoms with Gasteiger partial charge in [-0.05, 0) is 51.8 Å². The summed E-state index contributed by atoms with van der Waals surface area (Å²) in [5.74, 6) is 1.21. The zero-order valence-corrected chi connectivity index (χ0v) is 19.4. The number of rotatable bonds is 6. The molecule has 2 heterocycles. The van der Waals surface area contributed by atoms with Crippen molar-refractivity contribution in [3.05, 3.63) is 101 Å². The summed E-state index contributed by atoms with van der Waals surface area (Å²) in [4.78, 5) is 38.6. The Morgan fingerprint density at radius 2 is 1.94 bits per heavy atom. The smallest absolute Gasteiger partial charge is 0.349 e. The summed E-state index contributed by atoms with van der Waals surface area (Å²) < 4.78 is 17.3. The lowest BCUT2D eigenvalue weighted by Crippen LogP contribution is -2.32. The Bertz CT molecular complexity index is 1630. The highest BCUT2D eigenvalue weighted by atomic mass is 79.9. The van der Waals surface area contributed by atoms with Gasteiger partial charge < -0.3 is 19.2 Å². The molecule has 1 aromatic heterocycles. The zero-order chi connectivity index (χ0) is 24.5. The molecular weight excluding hydrogens is 524 g/mol. The maximum atomic E-state index is 12.6. The minimum atomic E-state index is -0.734. The Hall–Kier alpha value is -4.45. The Morgan fingerprint density at radius 3 is 2.77 bits per heavy atom. The molecule has 11 nitrogen and oxygen atoms in total. The number of nitrogens with one attached hydrogen (secondary N) is 1. The Labute approximate surface area is 204 Å². The number of benzene rings is 3. The van der Waals surface area contributed by atoms with Gasteiger partial charge in [0, 0.05) is 11.6 Å². The van der Waals surface area contributed by atoms with Crippen molar-refractivity contribution in [1.82, 2.24) is 9.66 Å². The first-order chi connectivity index (χ1) is 16.9. The van der Waals surface area contributed by atoms with Crippen LogP contribution in [0.1, 0.15) is 11.1 Å². The number of nitrogens with zero attached hydrogens (tertiary/aromatic N) is 3. The number of para-hydroxylation sites is 1. The molecule has 0 bridgehead atoms. The first-order valence-corrected chi connectivity index (χ1v) is 11.0. The van der Waals surface area contributed by atoms with Crippen LogP contribution in [0, 0.1) is 10.1 Å². The minimum Gasteiger partial charge on any atom is -0.481 e. The fourth-order valence-corrected chi connectivity index (χ4v) is 4.10. The third-order valence-corrected chi connectivity index (χ3v) is 5.76. The van der Waals surface area contributed by atoms with E-state index in [1.165, 1.54) is 18.3 Å². The van der Waals surface area contributed by atoms with Gasteiger partial charge >= 0.3 is 11.4 Å². The van der Waals surface area contributed by atoms with Crippen molar-refractivity contribution in [1.29, 1.82) is 0 Å². The maximum absolute atomic E-state index is 12.6. The number of nitro benzene ring substituents is 1. The van der Waals surface area contributed by atoms with Crippen molar-refractivity contribution in [2.45, 2.75) is 6.61 Å². The molecule has 0 atom stereocenters. The van der Waals surface area contributed by atoms with E-state index in [-0.39, 0.29) is 35.8 Å². The van der Waals surface area contributed by atoms with Crippen LogP contribution in [0.15, 0.2) is 73.8 Å². The Kier molecular flexibility index (Phi) is 5.79. The molecule has 1 aliphatic rings. The van der Waals surface area contributed by atoms with E-state index in [0.29, 0.717) is 26.2 Å². The van der Waals surface area contributed by atoms with Crippen LogP contribution in [0.3, 0.4) is 0 Å². The van der Waals surface area contributed by atoms with E-state index in [9.17, 15) is 19.7 Å². The number of hydrogen-bond donors (Lipinski definition) is 1. The quantitative estimate of drug-likeness (QED) is 0.225. The molecule has 176 valence electrons. The van der Waals surface area contributed by atoms with Gasteiger partial charge in [-0.15, -0.1) is 4.68 Å². The van der Waals surface area contributed by atoms with Crippen molar-refractivity contribution < 1.29 is 19.1 Å². The SMILES string of the molecule is O=c1[nH]c2ccccc2c(=O)n1N=Cc1cc(Br)c(OCc2ccc3c(c2)OCO3)c([N+](=O)[O-])c1. The largest absolute Gasteiger partial charge is 0.481 e. The van der Waals surface area contributed by atoms with Crippen LogP contribution >= 0.6 is 15.9 Å². The van der Waals surface area contributed by atoms with E-state index in [2.05, 4.69) is 26.0 Å². The summed E-state index contributed by atoms with van der Waals surface area (Å²) in [6.07, 6.45) is 1.19. The molecule has 0 fully saturated rings. The lowest BCUT2D eigenvalue weighted by atomic mass is 10.2. The van der Waals surface area contributed by atoms with Crippen LogP contribution < -0.4 is 25.5 Å². The van der Waals surface area contributed by atoms with E-state index < -0.39 is 16.2 Å². The second-order valence-electron chi connectivity index (χ2n) is 7.42. The number of aromatic nitrogens is 2. The first-order valence-electron chi connectivity index (χ1n) is 10.2. The minimum absolute atomic E-state index is 0.0190. The van der Waals surface area contributed by atoms with E-state index >= 15 is 0 Å². The summed E-state index contributed by atoms with van der Waals surface area (Å²) in [5.41, 5.74) is -0.271. The summed E-state index contributed by atoms with van der Waals surface area (Å²) >= 11 is 3.31. The lowest BCUT2D eigenvalue weighted by molar-refractivity contribution is -0.386. The van der Waals surface area contributed by atoms with Gasteiger partial charge in [0.1, 0.15) is 6.61 Å². The second-order valence-corrected chi connectivity index (χ2v) is 8.28. The fraction of sp³-hybridized carbons (Fsp3) is 0.0870. The first kappa shape index (κ1) is 22.3. The molecule has 1 aliphatic heterocycles. The zero-order valence-electron chi connectivity index (χ0n) is 17.8.